The van der Waals surface area contributed by atoms with Crippen LogP contribution < -0.4 is 10.6 Å². The van der Waals surface area contributed by atoms with Gasteiger partial charge in [-0.3, -0.25) is 4.79 Å². The number of hydrogen-bond acceptors (Lipinski definition) is 4. The Kier molecular flexibility index (Phi) is 5.97. The summed E-state index contributed by atoms with van der Waals surface area (Å²) in [4.78, 5) is 26.4. The number of carbonyl (C=O) groups is 2. The van der Waals surface area contributed by atoms with Crippen LogP contribution in [0.2, 0.25) is 0 Å². The molecule has 0 fully saturated rings. The molecule has 0 bridgehead atoms. The van der Waals surface area contributed by atoms with Gasteiger partial charge in [0.25, 0.3) is 0 Å². The quantitative estimate of drug-likeness (QED) is 0.852. The highest BCUT2D eigenvalue weighted by Crippen LogP contribution is 2.19. The van der Waals surface area contributed by atoms with Gasteiger partial charge < -0.3 is 10.6 Å². The second-order valence-corrected chi connectivity index (χ2v) is 5.12. The van der Waals surface area contributed by atoms with E-state index in [1.165, 1.54) is 24.3 Å². The van der Waals surface area contributed by atoms with Gasteiger partial charge in [-0.1, -0.05) is 18.2 Å². The molecule has 0 saturated heterocycles. The molecule has 0 atom stereocenters. The molecule has 126 valence electrons. The highest BCUT2D eigenvalue weighted by Gasteiger charge is 2.14. The highest BCUT2D eigenvalue weighted by atomic mass is 19.3. The Hall–Kier alpha value is -2.80. The van der Waals surface area contributed by atoms with E-state index in [0.29, 0.717) is 23.4 Å². The van der Waals surface area contributed by atoms with Crippen molar-refractivity contribution in [3.05, 3.63) is 65.0 Å². The van der Waals surface area contributed by atoms with Gasteiger partial charge in [0.05, 0.1) is 12.1 Å². The molecular weight excluding hydrogens is 318 g/mol. The molecule has 2 aromatic carbocycles. The normalized spacial score (nSPS) is 10.3. The van der Waals surface area contributed by atoms with Crippen molar-refractivity contribution in [1.29, 1.82) is 0 Å². The average Bonchev–Trinajstić information content (AvgIpc) is 2.56. The van der Waals surface area contributed by atoms with Crippen LogP contribution in [0.15, 0.2) is 42.5 Å². The number of benzene rings is 2. The maximum absolute atomic E-state index is 13.0. The molecule has 0 saturated carbocycles. The number of nitrogens with one attached hydrogen (secondary N) is 2. The first kappa shape index (κ1) is 17.6. The fourth-order valence-electron chi connectivity index (χ4n) is 2.20. The van der Waals surface area contributed by atoms with Gasteiger partial charge in [-0.15, -0.1) is 0 Å². The van der Waals surface area contributed by atoms with Crippen molar-refractivity contribution < 1.29 is 23.4 Å². The van der Waals surface area contributed by atoms with Crippen LogP contribution in [0.4, 0.5) is 14.6 Å². The third-order valence-electron chi connectivity index (χ3n) is 3.40. The maximum atomic E-state index is 13.0. The van der Waals surface area contributed by atoms with E-state index in [1.807, 2.05) is 0 Å². The van der Waals surface area contributed by atoms with Crippen molar-refractivity contribution >= 4 is 17.6 Å². The van der Waals surface area contributed by atoms with E-state index in [1.54, 1.807) is 25.1 Å². The lowest BCUT2D eigenvalue weighted by Gasteiger charge is -2.11. The lowest BCUT2D eigenvalue weighted by atomic mass is 10.1. The molecule has 0 aliphatic heterocycles. The van der Waals surface area contributed by atoms with E-state index in [9.17, 15) is 18.5 Å². The van der Waals surface area contributed by atoms with Gasteiger partial charge in [0.1, 0.15) is 5.82 Å². The molecule has 24 heavy (non-hydrogen) atoms. The van der Waals surface area contributed by atoms with Crippen LogP contribution in [0, 0.1) is 12.7 Å². The third-order valence-corrected chi connectivity index (χ3v) is 3.40. The molecular formula is C17H16F2N2O3. The second-order valence-electron chi connectivity index (χ2n) is 5.12. The van der Waals surface area contributed by atoms with Gasteiger partial charge in [0.2, 0.25) is 5.91 Å². The fourth-order valence-corrected chi connectivity index (χ4v) is 2.20. The molecule has 0 unspecified atom stereocenters. The van der Waals surface area contributed by atoms with Crippen LogP contribution in [0.3, 0.4) is 0 Å². The number of hydrogen-bond donors (Lipinski definition) is 2. The predicted molar refractivity (Wildman–Crippen MR) is 84.4 cm³/mol. The van der Waals surface area contributed by atoms with Crippen LogP contribution in [-0.2, 0) is 16.3 Å². The van der Waals surface area contributed by atoms with Gasteiger partial charge in [-0.05, 0) is 42.3 Å². The highest BCUT2D eigenvalue weighted by molar-refractivity contribution is 5.97. The minimum absolute atomic E-state index is 0.00621. The van der Waals surface area contributed by atoms with E-state index in [0.717, 1.165) is 0 Å². The SMILES string of the molecule is Cc1c(NC(=O)CNCc2cccc(F)c2)cccc1C(=O)OF. The van der Waals surface area contributed by atoms with Gasteiger partial charge >= 0.3 is 5.97 Å². The molecule has 5 nitrogen and oxygen atoms in total. The molecule has 2 rings (SSSR count). The van der Waals surface area contributed by atoms with Crippen LogP contribution in [0.5, 0.6) is 0 Å². The summed E-state index contributed by atoms with van der Waals surface area (Å²) >= 11 is 0. The summed E-state index contributed by atoms with van der Waals surface area (Å²) in [7, 11) is 0. The summed E-state index contributed by atoms with van der Waals surface area (Å²) in [6.07, 6.45) is 0. The van der Waals surface area contributed by atoms with E-state index in [4.69, 9.17) is 0 Å². The molecule has 0 aliphatic rings. The first-order valence-corrected chi connectivity index (χ1v) is 7.19. The average molecular weight is 334 g/mol. The largest absolute Gasteiger partial charge is 0.379 e. The van der Waals surface area contributed by atoms with Crippen molar-refractivity contribution in [1.82, 2.24) is 5.32 Å². The molecule has 1 amide bonds. The summed E-state index contributed by atoms with van der Waals surface area (Å²) in [6, 6.07) is 10.5. The zero-order valence-corrected chi connectivity index (χ0v) is 12.9. The number of carbonyl (C=O) groups excluding carboxylic acids is 2. The van der Waals surface area contributed by atoms with Crippen molar-refractivity contribution in [3.63, 3.8) is 0 Å². The van der Waals surface area contributed by atoms with Gasteiger partial charge in [0, 0.05) is 16.8 Å². The number of rotatable bonds is 6. The van der Waals surface area contributed by atoms with Gasteiger partial charge in [0.15, 0.2) is 0 Å². The summed E-state index contributed by atoms with van der Waals surface area (Å²) in [5.41, 5.74) is 1.53. The number of amides is 1. The van der Waals surface area contributed by atoms with Crippen LogP contribution in [-0.4, -0.2) is 18.4 Å². The lowest BCUT2D eigenvalue weighted by Crippen LogP contribution is -2.28. The summed E-state index contributed by atoms with van der Waals surface area (Å²) < 4.78 is 25.1. The van der Waals surface area contributed by atoms with E-state index in [-0.39, 0.29) is 23.8 Å². The van der Waals surface area contributed by atoms with Gasteiger partial charge in [-0.25, -0.2) is 14.1 Å². The standard InChI is InChI=1S/C17H16F2N2O3/c1-11-14(17(23)24-19)6-3-7-15(11)21-16(22)10-20-9-12-4-2-5-13(18)8-12/h2-8,20H,9-10H2,1H3,(H,21,22). The Labute approximate surface area is 137 Å². The lowest BCUT2D eigenvalue weighted by molar-refractivity contribution is -0.115. The summed E-state index contributed by atoms with van der Waals surface area (Å²) in [5.74, 6) is -1.81. The van der Waals surface area contributed by atoms with Crippen LogP contribution in [0.1, 0.15) is 21.5 Å². The summed E-state index contributed by atoms with van der Waals surface area (Å²) in [5, 5.41) is 5.51. The topological polar surface area (TPSA) is 67.4 Å². The third kappa shape index (κ3) is 4.60. The number of halogens is 2. The Bertz CT molecular complexity index is 750. The first-order chi connectivity index (χ1) is 11.5. The van der Waals surface area contributed by atoms with E-state index >= 15 is 0 Å². The molecule has 0 spiro atoms. The van der Waals surface area contributed by atoms with Crippen molar-refractivity contribution in [2.45, 2.75) is 13.5 Å². The smallest absolute Gasteiger partial charge is 0.325 e. The van der Waals surface area contributed by atoms with Crippen LogP contribution in [0.25, 0.3) is 0 Å². The van der Waals surface area contributed by atoms with E-state index < -0.39 is 5.97 Å². The molecule has 0 aliphatic carbocycles. The number of anilines is 1. The molecule has 2 aromatic rings. The fraction of sp³-hybridized carbons (Fsp3) is 0.176. The predicted octanol–water partition coefficient (Wildman–Crippen LogP) is 2.90. The van der Waals surface area contributed by atoms with Gasteiger partial charge in [-0.2, -0.15) is 0 Å². The van der Waals surface area contributed by atoms with Crippen molar-refractivity contribution in [2.24, 2.45) is 0 Å². The molecule has 2 N–H and O–H groups in total. The van der Waals surface area contributed by atoms with Crippen LogP contribution >= 0.6 is 0 Å². The minimum Gasteiger partial charge on any atom is -0.325 e. The Morgan fingerprint density at radius 2 is 1.92 bits per heavy atom. The van der Waals surface area contributed by atoms with E-state index in [2.05, 4.69) is 15.6 Å². The molecule has 0 heterocycles. The van der Waals surface area contributed by atoms with Crippen molar-refractivity contribution in [2.75, 3.05) is 11.9 Å². The summed E-state index contributed by atoms with van der Waals surface area (Å²) in [6.45, 7) is 1.90. The Balaban J connectivity index is 1.92. The molecule has 7 heteroatoms. The second kappa shape index (κ2) is 8.16. The zero-order valence-electron chi connectivity index (χ0n) is 12.9. The first-order valence-electron chi connectivity index (χ1n) is 7.19. The minimum atomic E-state index is -1.12. The molecule has 0 radical (unpaired) electrons. The molecule has 0 aromatic heterocycles. The zero-order chi connectivity index (χ0) is 17.5. The maximum Gasteiger partial charge on any atom is 0.379 e. The Morgan fingerprint density at radius 1 is 1.17 bits per heavy atom. The Morgan fingerprint density at radius 3 is 2.62 bits per heavy atom. The monoisotopic (exact) mass is 334 g/mol. The van der Waals surface area contributed by atoms with Crippen molar-refractivity contribution in [3.8, 4) is 0 Å².